The van der Waals surface area contributed by atoms with Gasteiger partial charge in [0.2, 0.25) is 5.91 Å². The Hall–Kier alpha value is -0.680. The smallest absolute Gasteiger partial charge is 0.370 e. The normalized spacial score (nSPS) is 11.4. The molecule has 0 aromatic carbocycles. The van der Waals surface area contributed by atoms with Gasteiger partial charge in [-0.2, -0.15) is 0 Å². The van der Waals surface area contributed by atoms with Crippen LogP contribution in [-0.4, -0.2) is 20.6 Å². The van der Waals surface area contributed by atoms with Crippen LogP contribution in [0, 0.1) is 0 Å². The summed E-state index contributed by atoms with van der Waals surface area (Å²) >= 11 is 0. The molecule has 0 aliphatic rings. The molecule has 0 fully saturated rings. The fourth-order valence-electron chi connectivity index (χ4n) is 2.37. The highest BCUT2D eigenvalue weighted by Crippen LogP contribution is 2.25. The second-order valence-electron chi connectivity index (χ2n) is 6.31. The highest BCUT2D eigenvalue weighted by Gasteiger charge is 2.00. The van der Waals surface area contributed by atoms with Gasteiger partial charge in [0.1, 0.15) is 0 Å². The van der Waals surface area contributed by atoms with Crippen LogP contribution in [0.25, 0.3) is 0 Å². The Kier molecular flexibility index (Phi) is 20.9. The quantitative estimate of drug-likeness (QED) is 0.188. The van der Waals surface area contributed by atoms with Crippen molar-refractivity contribution in [3.8, 4) is 0 Å². The lowest BCUT2D eigenvalue weighted by Crippen LogP contribution is -2.09. The molecule has 6 nitrogen and oxygen atoms in total. The van der Waals surface area contributed by atoms with Gasteiger partial charge in [-0.1, -0.05) is 70.4 Å². The van der Waals surface area contributed by atoms with Gasteiger partial charge in [0.25, 0.3) is 0 Å². The molecule has 0 radical (unpaired) electrons. The van der Waals surface area contributed by atoms with Gasteiger partial charge in [-0.25, -0.2) is 4.57 Å². The Balaban J connectivity index is 0. The van der Waals surface area contributed by atoms with E-state index in [9.17, 15) is 4.79 Å². The van der Waals surface area contributed by atoms with Crippen molar-refractivity contribution in [2.45, 2.75) is 96.8 Å². The van der Waals surface area contributed by atoms with E-state index < -0.39 is 7.82 Å². The van der Waals surface area contributed by atoms with E-state index in [2.05, 4.69) is 19.1 Å². The third-order valence-corrected chi connectivity index (χ3v) is 3.68. The van der Waals surface area contributed by atoms with Crippen molar-refractivity contribution in [2.75, 3.05) is 0 Å². The van der Waals surface area contributed by atoms with Gasteiger partial charge in [-0.3, -0.25) is 4.79 Å². The summed E-state index contributed by atoms with van der Waals surface area (Å²) in [4.78, 5) is 32.1. The van der Waals surface area contributed by atoms with Crippen molar-refractivity contribution < 1.29 is 24.0 Å². The summed E-state index contributed by atoms with van der Waals surface area (Å²) in [7, 11) is -4.64. The number of allylic oxidation sites excluding steroid dienone is 2. The van der Waals surface area contributed by atoms with Crippen LogP contribution < -0.4 is 5.73 Å². The first-order valence-electron chi connectivity index (χ1n) is 9.49. The van der Waals surface area contributed by atoms with Gasteiger partial charge in [0.05, 0.1) is 0 Å². The van der Waals surface area contributed by atoms with Crippen molar-refractivity contribution in [1.29, 1.82) is 0 Å². The molecule has 150 valence electrons. The van der Waals surface area contributed by atoms with E-state index in [1.54, 1.807) is 0 Å². The first kappa shape index (κ1) is 26.5. The molecule has 0 unspecified atom stereocenters. The van der Waals surface area contributed by atoms with Crippen LogP contribution in [-0.2, 0) is 9.36 Å². The number of nitrogens with two attached hydrogens (primary N) is 1. The Morgan fingerprint density at radius 1 is 0.800 bits per heavy atom. The first-order chi connectivity index (χ1) is 11.8. The summed E-state index contributed by atoms with van der Waals surface area (Å²) < 4.78 is 8.88. The number of phosphoric acid groups is 1. The molecule has 0 heterocycles. The van der Waals surface area contributed by atoms with E-state index in [0.717, 1.165) is 12.8 Å². The fourth-order valence-corrected chi connectivity index (χ4v) is 2.37. The highest BCUT2D eigenvalue weighted by molar-refractivity contribution is 7.45. The van der Waals surface area contributed by atoms with Crippen LogP contribution in [0.1, 0.15) is 96.8 Å². The molecule has 0 aliphatic heterocycles. The van der Waals surface area contributed by atoms with E-state index in [1.165, 1.54) is 70.6 Å². The Bertz CT molecular complexity index is 360. The minimum atomic E-state index is -4.64. The van der Waals surface area contributed by atoms with Gasteiger partial charge >= 0.3 is 7.82 Å². The second-order valence-corrected chi connectivity index (χ2v) is 7.34. The highest BCUT2D eigenvalue weighted by atomic mass is 31.2. The molecule has 0 bridgehead atoms. The number of carbonyl (C=O) groups is 1. The predicted octanol–water partition coefficient (Wildman–Crippen LogP) is 4.58. The maximum atomic E-state index is 10.5. The summed E-state index contributed by atoms with van der Waals surface area (Å²) in [6.45, 7) is 2.26. The molecule has 0 aliphatic carbocycles. The van der Waals surface area contributed by atoms with E-state index in [0.29, 0.717) is 6.42 Å². The average Bonchev–Trinajstić information content (AvgIpc) is 2.49. The number of rotatable bonds is 15. The summed E-state index contributed by atoms with van der Waals surface area (Å²) in [6, 6.07) is 0. The average molecular weight is 379 g/mol. The zero-order valence-corrected chi connectivity index (χ0v) is 16.6. The molecule has 0 atom stereocenters. The van der Waals surface area contributed by atoms with Crippen molar-refractivity contribution in [3.63, 3.8) is 0 Å². The van der Waals surface area contributed by atoms with Crippen LogP contribution in [0.5, 0.6) is 0 Å². The van der Waals surface area contributed by atoms with E-state index >= 15 is 0 Å². The number of hydrogen-bond donors (Lipinski definition) is 4. The molecule has 7 heteroatoms. The molecule has 0 spiro atoms. The number of carbonyl (C=O) groups excluding carboxylic acids is 1. The first-order valence-corrected chi connectivity index (χ1v) is 11.1. The third kappa shape index (κ3) is 39.8. The zero-order chi connectivity index (χ0) is 19.4. The number of amides is 1. The monoisotopic (exact) mass is 379 g/mol. The number of hydrogen-bond acceptors (Lipinski definition) is 2. The van der Waals surface area contributed by atoms with Crippen molar-refractivity contribution in [1.82, 2.24) is 0 Å². The SMILES string of the molecule is CCCCCCCC/C=C\CCCCCCCC(N)=O.O=P(O)(O)O. The summed E-state index contributed by atoms with van der Waals surface area (Å²) in [5.41, 5.74) is 5.10. The molecule has 0 rings (SSSR count). The third-order valence-electron chi connectivity index (χ3n) is 3.68. The second kappa shape index (κ2) is 19.6. The lowest BCUT2D eigenvalue weighted by Gasteiger charge is -1.99. The standard InChI is InChI=1S/C18H35NO.H3O4P/c1-2-3-4-5-6-7-8-9-10-11-12-13-14-15-16-17-18(19)20;1-5(2,3)4/h9-10H,2-8,11-17H2,1H3,(H2,19,20);(H3,1,2,3,4)/b10-9-;. The van der Waals surface area contributed by atoms with Crippen LogP contribution in [0.3, 0.4) is 0 Å². The Morgan fingerprint density at radius 3 is 1.56 bits per heavy atom. The van der Waals surface area contributed by atoms with Gasteiger partial charge in [0, 0.05) is 6.42 Å². The van der Waals surface area contributed by atoms with Crippen LogP contribution >= 0.6 is 7.82 Å². The molecule has 25 heavy (non-hydrogen) atoms. The van der Waals surface area contributed by atoms with Gasteiger partial charge in [-0.05, 0) is 32.1 Å². The predicted molar refractivity (Wildman–Crippen MR) is 103 cm³/mol. The van der Waals surface area contributed by atoms with Crippen LogP contribution in [0.2, 0.25) is 0 Å². The van der Waals surface area contributed by atoms with Gasteiger partial charge < -0.3 is 20.4 Å². The maximum absolute atomic E-state index is 10.5. The fraction of sp³-hybridized carbons (Fsp3) is 0.833. The van der Waals surface area contributed by atoms with E-state index in [-0.39, 0.29) is 5.91 Å². The molecule has 0 saturated carbocycles. The maximum Gasteiger partial charge on any atom is 0.466 e. The van der Waals surface area contributed by atoms with Gasteiger partial charge in [0.15, 0.2) is 0 Å². The molecule has 1 amide bonds. The van der Waals surface area contributed by atoms with E-state index in [1.807, 2.05) is 0 Å². The summed E-state index contributed by atoms with van der Waals surface area (Å²) in [5.74, 6) is -0.164. The Morgan fingerprint density at radius 2 is 1.16 bits per heavy atom. The molecule has 5 N–H and O–H groups in total. The summed E-state index contributed by atoms with van der Waals surface area (Å²) in [5, 5.41) is 0. The van der Waals surface area contributed by atoms with Crippen LogP contribution in [0.15, 0.2) is 12.2 Å². The molecule has 0 aromatic heterocycles. The molecule has 0 aromatic rings. The van der Waals surface area contributed by atoms with Crippen LogP contribution in [0.4, 0.5) is 0 Å². The van der Waals surface area contributed by atoms with Crippen molar-refractivity contribution in [2.24, 2.45) is 5.73 Å². The number of unbranched alkanes of at least 4 members (excludes halogenated alkanes) is 11. The van der Waals surface area contributed by atoms with E-state index in [4.69, 9.17) is 25.0 Å². The van der Waals surface area contributed by atoms with Gasteiger partial charge in [-0.15, -0.1) is 0 Å². The van der Waals surface area contributed by atoms with Crippen molar-refractivity contribution >= 4 is 13.7 Å². The lowest BCUT2D eigenvalue weighted by molar-refractivity contribution is -0.118. The summed E-state index contributed by atoms with van der Waals surface area (Å²) in [6.07, 6.45) is 21.9. The topological polar surface area (TPSA) is 121 Å². The largest absolute Gasteiger partial charge is 0.466 e. The molecule has 0 saturated heterocycles. The van der Waals surface area contributed by atoms with Crippen molar-refractivity contribution in [3.05, 3.63) is 12.2 Å². The Labute approximate surface area is 153 Å². The number of primary amides is 1. The molecular formula is C18H38NO5P. The zero-order valence-electron chi connectivity index (χ0n) is 15.7. The molecular weight excluding hydrogens is 341 g/mol. The minimum Gasteiger partial charge on any atom is -0.370 e. The lowest BCUT2D eigenvalue weighted by atomic mass is 10.1. The minimum absolute atomic E-state index is 0.164.